The summed E-state index contributed by atoms with van der Waals surface area (Å²) in [5, 5.41) is 20.3. The molecule has 0 radical (unpaired) electrons. The third kappa shape index (κ3) is 2.08. The third-order valence-corrected chi connectivity index (χ3v) is 7.29. The number of phenols is 1. The molecule has 0 heterocycles. The van der Waals surface area contributed by atoms with Crippen LogP contribution in [0.15, 0.2) is 18.2 Å². The monoisotopic (exact) mass is 318 g/mol. The molecule has 4 rings (SSSR count). The average Bonchev–Trinajstić information content (AvgIpc) is 2.77. The van der Waals surface area contributed by atoms with Gasteiger partial charge in [0.1, 0.15) is 11.9 Å². The Morgan fingerprint density at radius 3 is 2.87 bits per heavy atom. The maximum absolute atomic E-state index is 14.3. The highest BCUT2D eigenvalue weighted by atomic mass is 19.1. The van der Waals surface area contributed by atoms with Crippen molar-refractivity contribution in [3.05, 3.63) is 29.3 Å². The van der Waals surface area contributed by atoms with Crippen LogP contribution in [0.2, 0.25) is 0 Å². The van der Waals surface area contributed by atoms with Crippen molar-refractivity contribution in [3.63, 3.8) is 0 Å². The summed E-state index contributed by atoms with van der Waals surface area (Å²) in [6.45, 7) is 4.33. The number of aliphatic hydroxyl groups excluding tert-OH is 1. The molecule has 1 aromatic carbocycles. The molecule has 2 fully saturated rings. The SMILES string of the molecule is CC[C@H]1C[C@@]2(C)C(C[C@H](F)[C@@H]2O)C2CCc3cc(O)ccc3C21. The number of fused-ring (bicyclic) bond motifs is 5. The minimum absolute atomic E-state index is 0.268. The molecule has 2 nitrogen and oxygen atoms in total. The molecule has 0 amide bonds. The van der Waals surface area contributed by atoms with Crippen molar-refractivity contribution < 1.29 is 14.6 Å². The maximum Gasteiger partial charge on any atom is 0.127 e. The third-order valence-electron chi connectivity index (χ3n) is 7.29. The number of aryl methyl sites for hydroxylation is 1. The first-order valence-electron chi connectivity index (χ1n) is 9.09. The van der Waals surface area contributed by atoms with Gasteiger partial charge in [-0.05, 0) is 78.0 Å². The normalized spacial score (nSPS) is 45.2. The molecular weight excluding hydrogens is 291 g/mol. The Kier molecular flexibility index (Phi) is 3.49. The second-order valence-corrected chi connectivity index (χ2v) is 8.29. The van der Waals surface area contributed by atoms with Crippen molar-refractivity contribution in [2.75, 3.05) is 0 Å². The molecule has 3 aliphatic rings. The van der Waals surface area contributed by atoms with Crippen LogP contribution in [-0.4, -0.2) is 22.5 Å². The van der Waals surface area contributed by atoms with E-state index in [9.17, 15) is 14.6 Å². The second-order valence-electron chi connectivity index (χ2n) is 8.29. The molecule has 0 aromatic heterocycles. The summed E-state index contributed by atoms with van der Waals surface area (Å²) < 4.78 is 14.3. The average molecular weight is 318 g/mol. The predicted molar refractivity (Wildman–Crippen MR) is 88.2 cm³/mol. The second kappa shape index (κ2) is 5.20. The van der Waals surface area contributed by atoms with Crippen LogP contribution in [0.5, 0.6) is 5.75 Å². The van der Waals surface area contributed by atoms with Crippen molar-refractivity contribution in [3.8, 4) is 5.75 Å². The van der Waals surface area contributed by atoms with Crippen molar-refractivity contribution in [1.82, 2.24) is 0 Å². The van der Waals surface area contributed by atoms with Gasteiger partial charge in [0.15, 0.2) is 0 Å². The smallest absolute Gasteiger partial charge is 0.127 e. The first kappa shape index (κ1) is 15.4. The van der Waals surface area contributed by atoms with E-state index in [-0.39, 0.29) is 11.3 Å². The molecule has 3 heteroatoms. The lowest BCUT2D eigenvalue weighted by Gasteiger charge is -2.53. The first-order chi connectivity index (χ1) is 11.0. The molecular formula is C20H27FO2. The number of aromatic hydroxyl groups is 1. The fraction of sp³-hybridized carbons (Fsp3) is 0.700. The van der Waals surface area contributed by atoms with E-state index in [1.165, 1.54) is 11.1 Å². The van der Waals surface area contributed by atoms with Crippen molar-refractivity contribution in [1.29, 1.82) is 0 Å². The molecule has 3 unspecified atom stereocenters. The molecule has 0 spiro atoms. The highest BCUT2D eigenvalue weighted by Gasteiger charge is 2.60. The molecule has 126 valence electrons. The van der Waals surface area contributed by atoms with Gasteiger partial charge in [0, 0.05) is 0 Å². The molecule has 3 aliphatic carbocycles. The van der Waals surface area contributed by atoms with Crippen LogP contribution >= 0.6 is 0 Å². The topological polar surface area (TPSA) is 40.5 Å². The molecule has 23 heavy (non-hydrogen) atoms. The van der Waals surface area contributed by atoms with E-state index in [4.69, 9.17) is 0 Å². The standard InChI is InChI=1S/C20H27FO2/c1-3-11-10-20(2)16(9-17(21)19(20)23)15-6-4-12-8-13(22)5-7-14(12)18(11)15/h5,7-8,11,15-19,22-23H,3-4,6,9-10H2,1-2H3/t11-,15?,16?,17-,18?,19-,20-/m0/s1. The largest absolute Gasteiger partial charge is 0.508 e. The zero-order valence-corrected chi connectivity index (χ0v) is 14.0. The van der Waals surface area contributed by atoms with Crippen molar-refractivity contribution >= 4 is 0 Å². The van der Waals surface area contributed by atoms with Crippen LogP contribution in [-0.2, 0) is 6.42 Å². The fourth-order valence-electron chi connectivity index (χ4n) is 6.22. The van der Waals surface area contributed by atoms with Crippen LogP contribution in [0.1, 0.15) is 56.6 Å². The Bertz CT molecular complexity index is 616. The number of benzene rings is 1. The number of rotatable bonds is 1. The minimum atomic E-state index is -1.07. The number of hydrogen-bond acceptors (Lipinski definition) is 2. The summed E-state index contributed by atoms with van der Waals surface area (Å²) in [5.74, 6) is 2.04. The molecule has 2 N–H and O–H groups in total. The lowest BCUT2D eigenvalue weighted by atomic mass is 9.51. The van der Waals surface area contributed by atoms with E-state index < -0.39 is 12.3 Å². The van der Waals surface area contributed by atoms with Gasteiger partial charge in [-0.2, -0.15) is 0 Å². The van der Waals surface area contributed by atoms with Gasteiger partial charge in [0.25, 0.3) is 0 Å². The van der Waals surface area contributed by atoms with Gasteiger partial charge < -0.3 is 10.2 Å². The van der Waals surface area contributed by atoms with Gasteiger partial charge in [-0.15, -0.1) is 0 Å². The van der Waals surface area contributed by atoms with Crippen molar-refractivity contribution in [2.45, 2.75) is 64.1 Å². The number of halogens is 1. The minimum Gasteiger partial charge on any atom is -0.508 e. The summed E-state index contributed by atoms with van der Waals surface area (Å²) in [5.41, 5.74) is 2.36. The number of alkyl halides is 1. The van der Waals surface area contributed by atoms with Crippen LogP contribution < -0.4 is 0 Å². The molecule has 0 saturated heterocycles. The Morgan fingerprint density at radius 1 is 1.35 bits per heavy atom. The highest BCUT2D eigenvalue weighted by molar-refractivity contribution is 5.40. The van der Waals surface area contributed by atoms with E-state index in [2.05, 4.69) is 19.9 Å². The number of hydrogen-bond donors (Lipinski definition) is 2. The van der Waals surface area contributed by atoms with Crippen LogP contribution in [0, 0.1) is 23.2 Å². The van der Waals surface area contributed by atoms with Gasteiger partial charge >= 0.3 is 0 Å². The summed E-state index contributed by atoms with van der Waals surface area (Å²) in [4.78, 5) is 0. The van der Waals surface area contributed by atoms with Gasteiger partial charge in [-0.3, -0.25) is 0 Å². The van der Waals surface area contributed by atoms with E-state index >= 15 is 0 Å². The van der Waals surface area contributed by atoms with E-state index in [1.54, 1.807) is 6.07 Å². The lowest BCUT2D eigenvalue weighted by molar-refractivity contribution is -0.0586. The number of phenolic OH excluding ortho intramolecular Hbond substituents is 1. The lowest BCUT2D eigenvalue weighted by Crippen LogP contribution is -2.48. The predicted octanol–water partition coefficient (Wildman–Crippen LogP) is 4.19. The van der Waals surface area contributed by atoms with Crippen LogP contribution in [0.25, 0.3) is 0 Å². The van der Waals surface area contributed by atoms with E-state index in [0.29, 0.717) is 29.9 Å². The summed E-state index contributed by atoms with van der Waals surface area (Å²) >= 11 is 0. The highest BCUT2D eigenvalue weighted by Crippen LogP contribution is 2.63. The number of aliphatic hydroxyl groups is 1. The van der Waals surface area contributed by atoms with Gasteiger partial charge in [0.2, 0.25) is 0 Å². The maximum atomic E-state index is 14.3. The van der Waals surface area contributed by atoms with Crippen molar-refractivity contribution in [2.24, 2.45) is 23.2 Å². The van der Waals surface area contributed by atoms with E-state index in [1.807, 2.05) is 6.07 Å². The zero-order chi connectivity index (χ0) is 16.4. The Labute approximate surface area is 137 Å². The first-order valence-corrected chi connectivity index (χ1v) is 9.09. The Hall–Kier alpha value is -1.09. The molecule has 1 aromatic rings. The summed E-state index contributed by atoms with van der Waals surface area (Å²) in [6.07, 6.45) is 2.64. The summed E-state index contributed by atoms with van der Waals surface area (Å²) in [6, 6.07) is 5.79. The van der Waals surface area contributed by atoms with Gasteiger partial charge in [-0.1, -0.05) is 26.3 Å². The molecule has 0 aliphatic heterocycles. The van der Waals surface area contributed by atoms with Gasteiger partial charge in [-0.25, -0.2) is 4.39 Å². The zero-order valence-electron chi connectivity index (χ0n) is 14.0. The Balaban J connectivity index is 1.78. The van der Waals surface area contributed by atoms with Gasteiger partial charge in [0.05, 0.1) is 6.10 Å². The van der Waals surface area contributed by atoms with Crippen LogP contribution in [0.3, 0.4) is 0 Å². The van der Waals surface area contributed by atoms with E-state index in [0.717, 1.165) is 25.7 Å². The Morgan fingerprint density at radius 2 is 2.13 bits per heavy atom. The molecule has 0 bridgehead atoms. The molecule has 7 atom stereocenters. The summed E-state index contributed by atoms with van der Waals surface area (Å²) in [7, 11) is 0. The molecule has 2 saturated carbocycles. The fourth-order valence-corrected chi connectivity index (χ4v) is 6.22. The quantitative estimate of drug-likeness (QED) is 0.815. The van der Waals surface area contributed by atoms with Crippen LogP contribution in [0.4, 0.5) is 4.39 Å².